The van der Waals surface area contributed by atoms with Crippen molar-refractivity contribution in [3.05, 3.63) is 99.3 Å². The molecule has 11 heteroatoms. The molecule has 0 saturated carbocycles. The maximum atomic E-state index is 13.5. The summed E-state index contributed by atoms with van der Waals surface area (Å²) in [7, 11) is 1.80. The van der Waals surface area contributed by atoms with E-state index in [9.17, 15) is 14.0 Å². The van der Waals surface area contributed by atoms with Gasteiger partial charge in [0.05, 0.1) is 28.9 Å². The standard InChI is InChI=1S/C27H25FN6O2S2/c1-17-5-3-6-19(13-17)26(36)29-15-24-30-31-27(33(24)2)38-16-25(35)34-22(18-8-10-20(28)11-9-18)14-21(32-34)23-7-4-12-37-23/h3-13,22H,14-16H2,1-2H3,(H,29,36)/t22-/m0/s1. The number of carbonyl (C=O) groups is 2. The molecule has 0 saturated heterocycles. The summed E-state index contributed by atoms with van der Waals surface area (Å²) >= 11 is 2.82. The van der Waals surface area contributed by atoms with Crippen LogP contribution in [0.2, 0.25) is 0 Å². The number of aryl methyl sites for hydroxylation is 1. The highest BCUT2D eigenvalue weighted by Crippen LogP contribution is 2.34. The van der Waals surface area contributed by atoms with Crippen molar-refractivity contribution in [3.63, 3.8) is 0 Å². The molecular formula is C27H25FN6O2S2. The van der Waals surface area contributed by atoms with Gasteiger partial charge >= 0.3 is 0 Å². The maximum Gasteiger partial charge on any atom is 0.253 e. The van der Waals surface area contributed by atoms with E-state index in [1.807, 2.05) is 42.6 Å². The smallest absolute Gasteiger partial charge is 0.253 e. The van der Waals surface area contributed by atoms with Crippen molar-refractivity contribution in [3.8, 4) is 0 Å². The number of nitrogens with zero attached hydrogens (tertiary/aromatic N) is 5. The molecule has 2 amide bonds. The summed E-state index contributed by atoms with van der Waals surface area (Å²) in [6.45, 7) is 2.14. The third kappa shape index (κ3) is 5.68. The molecule has 1 atom stereocenters. The highest BCUT2D eigenvalue weighted by atomic mass is 32.2. The van der Waals surface area contributed by atoms with Crippen LogP contribution in [0.4, 0.5) is 4.39 Å². The minimum atomic E-state index is -0.326. The fourth-order valence-electron chi connectivity index (χ4n) is 4.14. The molecule has 0 unspecified atom stereocenters. The Bertz CT molecular complexity index is 1480. The summed E-state index contributed by atoms with van der Waals surface area (Å²) in [5.41, 5.74) is 3.24. The van der Waals surface area contributed by atoms with E-state index in [-0.39, 0.29) is 36.0 Å². The average Bonchev–Trinajstić information content (AvgIpc) is 3.67. The molecule has 5 rings (SSSR count). The van der Waals surface area contributed by atoms with Crippen molar-refractivity contribution in [2.75, 3.05) is 5.75 Å². The van der Waals surface area contributed by atoms with Crippen molar-refractivity contribution in [2.45, 2.75) is 31.1 Å². The molecule has 8 nitrogen and oxygen atoms in total. The number of amides is 2. The van der Waals surface area contributed by atoms with Crippen LogP contribution in [0.1, 0.15) is 44.6 Å². The van der Waals surface area contributed by atoms with Gasteiger partial charge in [-0.25, -0.2) is 9.40 Å². The number of nitrogens with one attached hydrogen (secondary N) is 1. The second kappa shape index (κ2) is 11.3. The third-order valence-corrected chi connectivity index (χ3v) is 8.09. The zero-order valence-corrected chi connectivity index (χ0v) is 22.4. The van der Waals surface area contributed by atoms with Gasteiger partial charge < -0.3 is 9.88 Å². The average molecular weight is 549 g/mol. The summed E-state index contributed by atoms with van der Waals surface area (Å²) in [6.07, 6.45) is 0.553. The summed E-state index contributed by atoms with van der Waals surface area (Å²) in [5.74, 6) is -0.0350. The van der Waals surface area contributed by atoms with Gasteiger partial charge in [-0.3, -0.25) is 9.59 Å². The van der Waals surface area contributed by atoms with Gasteiger partial charge in [0.15, 0.2) is 11.0 Å². The Labute approximate surface area is 227 Å². The Morgan fingerprint density at radius 3 is 2.68 bits per heavy atom. The minimum absolute atomic E-state index is 0.0978. The molecule has 1 aliphatic heterocycles. The van der Waals surface area contributed by atoms with E-state index in [2.05, 4.69) is 20.6 Å². The van der Waals surface area contributed by atoms with Crippen LogP contribution in [-0.2, 0) is 18.4 Å². The fraction of sp³-hybridized carbons (Fsp3) is 0.222. The van der Waals surface area contributed by atoms with Gasteiger partial charge in [-0.1, -0.05) is 47.7 Å². The molecule has 1 aliphatic rings. The van der Waals surface area contributed by atoms with Crippen molar-refractivity contribution < 1.29 is 14.0 Å². The summed E-state index contributed by atoms with van der Waals surface area (Å²) in [5, 5.41) is 19.9. The van der Waals surface area contributed by atoms with Crippen LogP contribution in [0.3, 0.4) is 0 Å². The predicted octanol–water partition coefficient (Wildman–Crippen LogP) is 4.72. The molecule has 0 fully saturated rings. The molecule has 3 heterocycles. The number of hydrogen-bond acceptors (Lipinski definition) is 7. The zero-order chi connectivity index (χ0) is 26.6. The Morgan fingerprint density at radius 1 is 1.13 bits per heavy atom. The molecule has 0 aliphatic carbocycles. The van der Waals surface area contributed by atoms with Crippen LogP contribution in [0.25, 0.3) is 0 Å². The molecule has 0 radical (unpaired) electrons. The number of hydrogen-bond donors (Lipinski definition) is 1. The van der Waals surface area contributed by atoms with E-state index in [4.69, 9.17) is 0 Å². The van der Waals surface area contributed by atoms with Crippen molar-refractivity contribution in [1.29, 1.82) is 0 Å². The third-order valence-electron chi connectivity index (χ3n) is 6.16. The molecule has 2 aromatic heterocycles. The number of thiophene rings is 1. The highest BCUT2D eigenvalue weighted by molar-refractivity contribution is 7.99. The van der Waals surface area contributed by atoms with E-state index in [0.717, 1.165) is 21.7 Å². The molecule has 2 aromatic carbocycles. The Kier molecular flexibility index (Phi) is 7.66. The van der Waals surface area contributed by atoms with Gasteiger partial charge in [0.1, 0.15) is 5.82 Å². The van der Waals surface area contributed by atoms with Gasteiger partial charge in [0, 0.05) is 19.0 Å². The predicted molar refractivity (Wildman–Crippen MR) is 146 cm³/mol. The Morgan fingerprint density at radius 2 is 1.95 bits per heavy atom. The number of aromatic nitrogens is 3. The molecule has 4 aromatic rings. The first-order valence-corrected chi connectivity index (χ1v) is 13.8. The van der Waals surface area contributed by atoms with Crippen LogP contribution < -0.4 is 5.32 Å². The molecule has 0 spiro atoms. The first-order chi connectivity index (χ1) is 18.4. The van der Waals surface area contributed by atoms with Crippen molar-refractivity contribution in [2.24, 2.45) is 12.1 Å². The molecule has 1 N–H and O–H groups in total. The quantitative estimate of drug-likeness (QED) is 0.322. The molecule has 194 valence electrons. The van der Waals surface area contributed by atoms with Gasteiger partial charge in [0.25, 0.3) is 11.8 Å². The normalized spacial score (nSPS) is 15.0. The Balaban J connectivity index is 1.25. The second-order valence-electron chi connectivity index (χ2n) is 8.83. The van der Waals surface area contributed by atoms with Crippen molar-refractivity contribution in [1.82, 2.24) is 25.1 Å². The zero-order valence-electron chi connectivity index (χ0n) is 20.8. The van der Waals surface area contributed by atoms with Gasteiger partial charge in [-0.2, -0.15) is 5.10 Å². The SMILES string of the molecule is Cc1cccc(C(=O)NCc2nnc(SCC(=O)N3N=C(c4cccs4)C[C@H]3c3ccc(F)cc3)n2C)c1. The van der Waals surface area contributed by atoms with Crippen LogP contribution in [0, 0.1) is 12.7 Å². The monoisotopic (exact) mass is 548 g/mol. The maximum absolute atomic E-state index is 13.5. The number of rotatable bonds is 8. The van der Waals surface area contributed by atoms with E-state index >= 15 is 0 Å². The lowest BCUT2D eigenvalue weighted by Crippen LogP contribution is -2.28. The summed E-state index contributed by atoms with van der Waals surface area (Å²) in [6, 6.07) is 17.2. The Hall–Kier alpha value is -3.83. The van der Waals surface area contributed by atoms with E-state index in [0.29, 0.717) is 23.0 Å². The first kappa shape index (κ1) is 25.8. The minimum Gasteiger partial charge on any atom is -0.345 e. The molecule has 0 bridgehead atoms. The van der Waals surface area contributed by atoms with E-state index in [1.54, 1.807) is 41.2 Å². The highest BCUT2D eigenvalue weighted by Gasteiger charge is 2.33. The fourth-order valence-corrected chi connectivity index (χ4v) is 5.64. The van der Waals surface area contributed by atoms with Gasteiger partial charge in [0.2, 0.25) is 0 Å². The lowest BCUT2D eigenvalue weighted by atomic mass is 10.0. The number of halogens is 1. The lowest BCUT2D eigenvalue weighted by Gasteiger charge is -2.21. The summed E-state index contributed by atoms with van der Waals surface area (Å²) < 4.78 is 15.3. The number of hydrazone groups is 1. The molecular weight excluding hydrogens is 523 g/mol. The molecule has 38 heavy (non-hydrogen) atoms. The van der Waals surface area contributed by atoms with Crippen LogP contribution in [0.15, 0.2) is 76.3 Å². The van der Waals surface area contributed by atoms with Crippen LogP contribution in [-0.4, -0.2) is 43.1 Å². The number of thioether (sulfide) groups is 1. The van der Waals surface area contributed by atoms with Gasteiger partial charge in [-0.15, -0.1) is 21.5 Å². The second-order valence-corrected chi connectivity index (χ2v) is 10.7. The van der Waals surface area contributed by atoms with E-state index < -0.39 is 0 Å². The summed E-state index contributed by atoms with van der Waals surface area (Å²) in [4.78, 5) is 26.8. The lowest BCUT2D eigenvalue weighted by molar-refractivity contribution is -0.130. The van der Waals surface area contributed by atoms with Crippen LogP contribution in [0.5, 0.6) is 0 Å². The van der Waals surface area contributed by atoms with Crippen LogP contribution >= 0.6 is 23.1 Å². The topological polar surface area (TPSA) is 92.5 Å². The number of carbonyl (C=O) groups excluding carboxylic acids is 2. The number of benzene rings is 2. The van der Waals surface area contributed by atoms with Gasteiger partial charge in [-0.05, 0) is 48.2 Å². The van der Waals surface area contributed by atoms with E-state index in [1.165, 1.54) is 28.9 Å². The largest absolute Gasteiger partial charge is 0.345 e. The first-order valence-electron chi connectivity index (χ1n) is 11.9. The van der Waals surface area contributed by atoms with Crippen molar-refractivity contribution >= 4 is 40.6 Å².